The molecule has 0 saturated heterocycles. The number of fused-ring (bicyclic) bond motifs is 2. The Hall–Kier alpha value is -1.70. The van der Waals surface area contributed by atoms with Gasteiger partial charge in [-0.15, -0.1) is 0 Å². The lowest BCUT2D eigenvalue weighted by molar-refractivity contribution is 1.01. The molecule has 0 fully saturated rings. The van der Waals surface area contributed by atoms with Gasteiger partial charge in [0.25, 0.3) is 0 Å². The molecule has 38 heavy (non-hydrogen) atoms. The molecule has 0 saturated carbocycles. The van der Waals surface area contributed by atoms with E-state index in [0.29, 0.717) is 22.6 Å². The van der Waals surface area contributed by atoms with Crippen molar-refractivity contribution in [1.82, 2.24) is 0 Å². The highest BCUT2D eigenvalue weighted by atomic mass is 32.4. The molecule has 0 spiro atoms. The van der Waals surface area contributed by atoms with Gasteiger partial charge in [0.2, 0.25) is 0 Å². The van der Waals surface area contributed by atoms with Crippen LogP contribution in [-0.2, 0) is 23.6 Å². The van der Waals surface area contributed by atoms with Crippen molar-refractivity contribution in [1.29, 1.82) is 0 Å². The van der Waals surface area contributed by atoms with Crippen LogP contribution in [0.25, 0.3) is 32.7 Å². The fraction of sp³-hybridized carbons (Fsp3) is 0.375. The summed E-state index contributed by atoms with van der Waals surface area (Å²) in [6.45, 7) is 18.1. The van der Waals surface area contributed by atoms with Gasteiger partial charge in [-0.3, -0.25) is 0 Å². The molecule has 0 radical (unpaired) electrons. The van der Waals surface area contributed by atoms with Gasteiger partial charge in [0, 0.05) is 34.9 Å². The number of nitrogens with one attached hydrogen (secondary N) is 2. The number of hydrogen-bond donors (Lipinski definition) is 2. The van der Waals surface area contributed by atoms with Gasteiger partial charge in [-0.2, -0.15) is 0 Å². The zero-order valence-electron chi connectivity index (χ0n) is 23.9. The van der Waals surface area contributed by atoms with Crippen LogP contribution in [0.1, 0.15) is 55.4 Å². The maximum absolute atomic E-state index is 6.42. The van der Waals surface area contributed by atoms with Crippen LogP contribution < -0.4 is 10.2 Å². The Balaban J connectivity index is 2.12. The molecule has 4 aromatic carbocycles. The van der Waals surface area contributed by atoms with E-state index in [2.05, 4.69) is 138 Å². The summed E-state index contributed by atoms with van der Waals surface area (Å²) >= 11 is 12.8. The molecular formula is C32H42N2P2S2. The van der Waals surface area contributed by atoms with Crippen LogP contribution in [-0.4, -0.2) is 22.6 Å². The van der Waals surface area contributed by atoms with Crippen molar-refractivity contribution >= 4 is 68.9 Å². The van der Waals surface area contributed by atoms with Gasteiger partial charge < -0.3 is 10.2 Å². The van der Waals surface area contributed by atoms with Gasteiger partial charge >= 0.3 is 0 Å². The van der Waals surface area contributed by atoms with E-state index in [0.717, 1.165) is 11.4 Å². The molecule has 0 unspecified atom stereocenters. The highest BCUT2D eigenvalue weighted by molar-refractivity contribution is 8.16. The second-order valence-electron chi connectivity index (χ2n) is 11.4. The molecule has 0 aromatic heterocycles. The number of benzene rings is 4. The van der Waals surface area contributed by atoms with Crippen LogP contribution in [0.4, 0.5) is 11.4 Å². The molecule has 0 atom stereocenters. The quantitative estimate of drug-likeness (QED) is 0.192. The Morgan fingerprint density at radius 1 is 0.474 bits per heavy atom. The fourth-order valence-corrected chi connectivity index (χ4v) is 10.5. The Bertz CT molecular complexity index is 1410. The van der Waals surface area contributed by atoms with Crippen LogP contribution in [0.15, 0.2) is 72.8 Å². The molecule has 2 nitrogen and oxygen atoms in total. The average Bonchev–Trinajstić information content (AvgIpc) is 2.88. The number of rotatable bonds is 9. The maximum atomic E-state index is 6.42. The van der Waals surface area contributed by atoms with Crippen LogP contribution in [0.2, 0.25) is 0 Å². The van der Waals surface area contributed by atoms with E-state index in [1.807, 2.05) is 0 Å². The molecule has 0 aliphatic carbocycles. The van der Waals surface area contributed by atoms with E-state index in [-0.39, 0.29) is 0 Å². The molecule has 6 heteroatoms. The smallest absolute Gasteiger partial charge is 0.0465 e. The first kappa shape index (κ1) is 29.3. The first-order valence-electron chi connectivity index (χ1n) is 13.7. The van der Waals surface area contributed by atoms with Crippen molar-refractivity contribution in [2.75, 3.05) is 10.2 Å². The van der Waals surface area contributed by atoms with Gasteiger partial charge in [-0.1, -0.05) is 140 Å². The third-order valence-corrected chi connectivity index (χ3v) is 20.7. The van der Waals surface area contributed by atoms with E-state index < -0.39 is 12.4 Å². The lowest BCUT2D eigenvalue weighted by Crippen LogP contribution is -2.16. The zero-order valence-corrected chi connectivity index (χ0v) is 27.4. The van der Waals surface area contributed by atoms with Crippen molar-refractivity contribution < 1.29 is 0 Å². The van der Waals surface area contributed by atoms with Gasteiger partial charge in [0.1, 0.15) is 0 Å². The Morgan fingerprint density at radius 3 is 1.11 bits per heavy atom. The second kappa shape index (κ2) is 11.4. The highest BCUT2D eigenvalue weighted by Crippen LogP contribution is 2.59. The molecule has 4 aromatic rings. The summed E-state index contributed by atoms with van der Waals surface area (Å²) in [7, 11) is 0. The highest BCUT2D eigenvalue weighted by Gasteiger charge is 2.30. The Kier molecular flexibility index (Phi) is 8.80. The molecule has 0 aliphatic heterocycles. The lowest BCUT2D eigenvalue weighted by Gasteiger charge is -2.35. The van der Waals surface area contributed by atoms with Crippen LogP contribution in [0.5, 0.6) is 0 Å². The normalized spacial score (nSPS) is 12.8. The molecule has 0 amide bonds. The SMILES string of the molecule is CC(C)P(=S)(Nc1ccc2ccccc2c1-c1c(NP(=S)(C(C)C)C(C)C)ccc2ccccc12)C(C)C. The molecular weight excluding hydrogens is 538 g/mol. The first-order chi connectivity index (χ1) is 17.9. The summed E-state index contributed by atoms with van der Waals surface area (Å²) < 4.78 is 0. The third-order valence-electron chi connectivity index (χ3n) is 7.77. The van der Waals surface area contributed by atoms with Crippen LogP contribution in [0.3, 0.4) is 0 Å². The number of anilines is 2. The minimum Gasteiger partial charge on any atom is -0.356 e. The Labute approximate surface area is 240 Å². The summed E-state index contributed by atoms with van der Waals surface area (Å²) in [6.07, 6.45) is -3.82. The summed E-state index contributed by atoms with van der Waals surface area (Å²) in [6, 6.07) is 26.4. The summed E-state index contributed by atoms with van der Waals surface area (Å²) in [5.41, 5.74) is 6.21. The molecule has 0 heterocycles. The van der Waals surface area contributed by atoms with E-state index in [4.69, 9.17) is 23.6 Å². The standard InChI is InChI=1S/C32H42N2P2S2/c1-21(2)35(37,22(3)4)33-29-19-17-25-13-9-11-15-27(25)31(29)32-28-16-12-10-14-26(28)18-20-30(32)34-36(38,23(5)6)24(7)8/h9-24H,1-8H3,(H,33,37)(H,34,38). The molecule has 2 N–H and O–H groups in total. The van der Waals surface area contributed by atoms with Crippen molar-refractivity contribution in [3.63, 3.8) is 0 Å². The van der Waals surface area contributed by atoms with E-state index in [9.17, 15) is 0 Å². The lowest BCUT2D eigenvalue weighted by atomic mass is 9.91. The van der Waals surface area contributed by atoms with Gasteiger partial charge in [0.15, 0.2) is 0 Å². The van der Waals surface area contributed by atoms with E-state index in [1.54, 1.807) is 0 Å². The van der Waals surface area contributed by atoms with Crippen molar-refractivity contribution in [3.05, 3.63) is 72.8 Å². The van der Waals surface area contributed by atoms with Crippen molar-refractivity contribution in [2.45, 2.75) is 78.0 Å². The third kappa shape index (κ3) is 5.35. The predicted molar refractivity (Wildman–Crippen MR) is 183 cm³/mol. The van der Waals surface area contributed by atoms with E-state index in [1.165, 1.54) is 32.7 Å². The van der Waals surface area contributed by atoms with Crippen molar-refractivity contribution in [3.8, 4) is 11.1 Å². The average molecular weight is 581 g/mol. The van der Waals surface area contributed by atoms with E-state index >= 15 is 0 Å². The molecule has 0 aliphatic rings. The fourth-order valence-electron chi connectivity index (χ4n) is 5.35. The van der Waals surface area contributed by atoms with Crippen LogP contribution >= 0.6 is 12.4 Å². The Morgan fingerprint density at radius 2 is 0.789 bits per heavy atom. The van der Waals surface area contributed by atoms with Crippen molar-refractivity contribution in [2.24, 2.45) is 0 Å². The largest absolute Gasteiger partial charge is 0.356 e. The van der Waals surface area contributed by atoms with Gasteiger partial charge in [-0.25, -0.2) is 0 Å². The topological polar surface area (TPSA) is 24.1 Å². The molecule has 4 rings (SSSR count). The number of hydrogen-bond acceptors (Lipinski definition) is 2. The summed E-state index contributed by atoms with van der Waals surface area (Å²) in [5, 5.41) is 12.9. The predicted octanol–water partition coefficient (Wildman–Crippen LogP) is 10.9. The first-order valence-corrected chi connectivity index (χ1v) is 19.6. The molecule has 202 valence electrons. The second-order valence-corrected chi connectivity index (χ2v) is 22.5. The minimum atomic E-state index is -1.91. The molecule has 0 bridgehead atoms. The van der Waals surface area contributed by atoms with Crippen LogP contribution in [0, 0.1) is 0 Å². The summed E-state index contributed by atoms with van der Waals surface area (Å²) in [5.74, 6) is 0. The summed E-state index contributed by atoms with van der Waals surface area (Å²) in [4.78, 5) is 0. The van der Waals surface area contributed by atoms with Gasteiger partial charge in [0.05, 0.1) is 0 Å². The zero-order chi connectivity index (χ0) is 27.8. The minimum absolute atomic E-state index is 0.384. The maximum Gasteiger partial charge on any atom is 0.0465 e. The monoisotopic (exact) mass is 580 g/mol. The van der Waals surface area contributed by atoms with Gasteiger partial charge in [-0.05, 0) is 56.3 Å².